The molecule has 0 unspecified atom stereocenters. The van der Waals surface area contributed by atoms with Gasteiger partial charge in [-0.3, -0.25) is 0 Å². The lowest BCUT2D eigenvalue weighted by Crippen LogP contribution is -2.23. The van der Waals surface area contributed by atoms with Crippen LogP contribution < -0.4 is 4.90 Å². The van der Waals surface area contributed by atoms with Gasteiger partial charge >= 0.3 is 0 Å². The van der Waals surface area contributed by atoms with E-state index in [1.54, 1.807) is 0 Å². The van der Waals surface area contributed by atoms with Gasteiger partial charge in [-0.2, -0.15) is 0 Å². The fraction of sp³-hybridized carbons (Fsp3) is 0.263. The third kappa shape index (κ3) is 3.03. The summed E-state index contributed by atoms with van der Waals surface area (Å²) in [5.41, 5.74) is 4.47. The predicted octanol–water partition coefficient (Wildman–Crippen LogP) is 3.17. The number of benzene rings is 2. The molecular weight excluding hydrogens is 300 g/mol. The molecule has 5 heteroatoms. The van der Waals surface area contributed by atoms with Gasteiger partial charge in [-0.1, -0.05) is 53.2 Å². The molecule has 24 heavy (non-hydrogen) atoms. The number of anilines is 1. The maximum absolute atomic E-state index is 5.90. The van der Waals surface area contributed by atoms with E-state index in [1.807, 2.05) is 29.1 Å². The van der Waals surface area contributed by atoms with Crippen LogP contribution >= 0.6 is 0 Å². The molecule has 5 nitrogen and oxygen atoms in total. The monoisotopic (exact) mass is 320 g/mol. The van der Waals surface area contributed by atoms with Crippen molar-refractivity contribution >= 4 is 5.69 Å². The van der Waals surface area contributed by atoms with Crippen LogP contribution in [-0.2, 0) is 11.3 Å². The highest BCUT2D eigenvalue weighted by atomic mass is 16.5. The second kappa shape index (κ2) is 6.45. The van der Waals surface area contributed by atoms with Crippen molar-refractivity contribution in [2.24, 2.45) is 0 Å². The van der Waals surface area contributed by atoms with E-state index in [1.165, 1.54) is 11.1 Å². The molecule has 0 amide bonds. The standard InChI is InChI=1S/C19H20N4O/c1-15-6-5-7-16(12-15)13-22-14-18(20-21-22)19-23(10-11-24-19)17-8-3-2-4-9-17/h2-9,12,14,19H,10-11,13H2,1H3/t19-/m1/s1. The summed E-state index contributed by atoms with van der Waals surface area (Å²) in [7, 11) is 0. The van der Waals surface area contributed by atoms with Crippen molar-refractivity contribution in [3.8, 4) is 0 Å². The summed E-state index contributed by atoms with van der Waals surface area (Å²) in [6.45, 7) is 4.37. The zero-order chi connectivity index (χ0) is 16.4. The fourth-order valence-electron chi connectivity index (χ4n) is 3.10. The van der Waals surface area contributed by atoms with Crippen molar-refractivity contribution in [3.05, 3.63) is 77.6 Å². The van der Waals surface area contributed by atoms with Crippen LogP contribution in [0.5, 0.6) is 0 Å². The first-order chi connectivity index (χ1) is 11.8. The molecule has 0 radical (unpaired) electrons. The van der Waals surface area contributed by atoms with Gasteiger partial charge in [0.25, 0.3) is 0 Å². The van der Waals surface area contributed by atoms with Crippen LogP contribution in [-0.4, -0.2) is 28.1 Å². The number of nitrogens with zero attached hydrogens (tertiary/aromatic N) is 4. The van der Waals surface area contributed by atoms with Crippen molar-refractivity contribution in [1.82, 2.24) is 15.0 Å². The van der Waals surface area contributed by atoms with Gasteiger partial charge in [-0.15, -0.1) is 5.10 Å². The first kappa shape index (κ1) is 14.9. The van der Waals surface area contributed by atoms with Gasteiger partial charge in [0.05, 0.1) is 19.3 Å². The molecule has 1 aliphatic heterocycles. The summed E-state index contributed by atoms with van der Waals surface area (Å²) >= 11 is 0. The van der Waals surface area contributed by atoms with Gasteiger partial charge < -0.3 is 9.64 Å². The normalized spacial score (nSPS) is 17.4. The Morgan fingerprint density at radius 3 is 2.83 bits per heavy atom. The second-order valence-electron chi connectivity index (χ2n) is 6.08. The molecule has 1 aromatic heterocycles. The summed E-state index contributed by atoms with van der Waals surface area (Å²) in [6, 6.07) is 18.7. The molecule has 1 aliphatic rings. The Morgan fingerprint density at radius 1 is 1.12 bits per heavy atom. The zero-order valence-corrected chi connectivity index (χ0v) is 13.7. The van der Waals surface area contributed by atoms with Gasteiger partial charge in [-0.05, 0) is 24.6 Å². The molecule has 1 saturated heterocycles. The minimum Gasteiger partial charge on any atom is -0.350 e. The number of para-hydroxylation sites is 1. The highest BCUT2D eigenvalue weighted by Crippen LogP contribution is 2.30. The zero-order valence-electron chi connectivity index (χ0n) is 13.7. The topological polar surface area (TPSA) is 43.2 Å². The molecule has 122 valence electrons. The average Bonchev–Trinajstić information content (AvgIpc) is 3.24. The van der Waals surface area contributed by atoms with Gasteiger partial charge in [0.1, 0.15) is 5.69 Å². The van der Waals surface area contributed by atoms with E-state index < -0.39 is 0 Å². The molecule has 0 aliphatic carbocycles. The van der Waals surface area contributed by atoms with Crippen LogP contribution in [0.15, 0.2) is 60.8 Å². The Labute approximate surface area is 141 Å². The van der Waals surface area contributed by atoms with Crippen molar-refractivity contribution in [3.63, 3.8) is 0 Å². The van der Waals surface area contributed by atoms with Gasteiger partial charge in [-0.25, -0.2) is 4.68 Å². The molecule has 2 aromatic carbocycles. The van der Waals surface area contributed by atoms with Crippen molar-refractivity contribution < 1.29 is 4.74 Å². The molecule has 4 rings (SSSR count). The largest absolute Gasteiger partial charge is 0.350 e. The van der Waals surface area contributed by atoms with Crippen LogP contribution in [0, 0.1) is 6.92 Å². The highest BCUT2D eigenvalue weighted by molar-refractivity contribution is 5.48. The van der Waals surface area contributed by atoms with E-state index in [0.717, 1.165) is 17.9 Å². The van der Waals surface area contributed by atoms with E-state index in [-0.39, 0.29) is 6.23 Å². The molecular formula is C19H20N4O. The molecule has 0 spiro atoms. The van der Waals surface area contributed by atoms with Crippen molar-refractivity contribution in [2.45, 2.75) is 19.7 Å². The van der Waals surface area contributed by atoms with Crippen LogP contribution in [0.2, 0.25) is 0 Å². The number of hydrogen-bond acceptors (Lipinski definition) is 4. The van der Waals surface area contributed by atoms with Gasteiger partial charge in [0, 0.05) is 12.2 Å². The minimum absolute atomic E-state index is 0.168. The Kier molecular flexibility index (Phi) is 4.01. The summed E-state index contributed by atoms with van der Waals surface area (Å²) in [4.78, 5) is 2.22. The summed E-state index contributed by atoms with van der Waals surface area (Å²) in [5.74, 6) is 0. The van der Waals surface area contributed by atoms with Gasteiger partial charge in [0.2, 0.25) is 0 Å². The molecule has 1 fully saturated rings. The van der Waals surface area contributed by atoms with E-state index >= 15 is 0 Å². The second-order valence-corrected chi connectivity index (χ2v) is 6.08. The lowest BCUT2D eigenvalue weighted by Gasteiger charge is -2.23. The van der Waals surface area contributed by atoms with E-state index in [4.69, 9.17) is 4.74 Å². The number of rotatable bonds is 4. The summed E-state index contributed by atoms with van der Waals surface area (Å²) in [5, 5.41) is 8.61. The first-order valence-corrected chi connectivity index (χ1v) is 8.18. The van der Waals surface area contributed by atoms with Crippen LogP contribution in [0.3, 0.4) is 0 Å². The SMILES string of the molecule is Cc1cccc(Cn2cc([C@H]3OCCN3c3ccccc3)nn2)c1. The van der Waals surface area contributed by atoms with E-state index in [9.17, 15) is 0 Å². The Morgan fingerprint density at radius 2 is 2.00 bits per heavy atom. The highest BCUT2D eigenvalue weighted by Gasteiger charge is 2.29. The molecule has 0 saturated carbocycles. The van der Waals surface area contributed by atoms with Crippen molar-refractivity contribution in [1.29, 1.82) is 0 Å². The first-order valence-electron chi connectivity index (χ1n) is 8.18. The quantitative estimate of drug-likeness (QED) is 0.740. The van der Waals surface area contributed by atoms with Crippen LogP contribution in [0.1, 0.15) is 23.0 Å². The lowest BCUT2D eigenvalue weighted by atomic mass is 10.1. The Bertz CT molecular complexity index is 815. The average molecular weight is 320 g/mol. The molecule has 3 aromatic rings. The number of aromatic nitrogens is 3. The van der Waals surface area contributed by atoms with Gasteiger partial charge in [0.15, 0.2) is 6.23 Å². The van der Waals surface area contributed by atoms with E-state index in [0.29, 0.717) is 13.2 Å². The molecule has 0 bridgehead atoms. The number of hydrogen-bond donors (Lipinski definition) is 0. The molecule has 2 heterocycles. The van der Waals surface area contributed by atoms with Crippen LogP contribution in [0.4, 0.5) is 5.69 Å². The maximum Gasteiger partial charge on any atom is 0.177 e. The van der Waals surface area contributed by atoms with E-state index in [2.05, 4.69) is 58.5 Å². The van der Waals surface area contributed by atoms with Crippen LogP contribution in [0.25, 0.3) is 0 Å². The Balaban J connectivity index is 1.54. The number of aryl methyl sites for hydroxylation is 1. The summed E-state index contributed by atoms with van der Waals surface area (Å²) in [6.07, 6.45) is 1.81. The third-order valence-electron chi connectivity index (χ3n) is 4.22. The van der Waals surface area contributed by atoms with Crippen molar-refractivity contribution in [2.75, 3.05) is 18.1 Å². The molecule has 0 N–H and O–H groups in total. The Hall–Kier alpha value is -2.66. The molecule has 1 atom stereocenters. The number of ether oxygens (including phenoxy) is 1. The smallest absolute Gasteiger partial charge is 0.177 e. The fourth-order valence-corrected chi connectivity index (χ4v) is 3.10. The third-order valence-corrected chi connectivity index (χ3v) is 4.22. The maximum atomic E-state index is 5.90. The lowest BCUT2D eigenvalue weighted by molar-refractivity contribution is 0.110. The predicted molar refractivity (Wildman–Crippen MR) is 92.8 cm³/mol. The summed E-state index contributed by atoms with van der Waals surface area (Å²) < 4.78 is 7.77. The minimum atomic E-state index is -0.168.